The van der Waals surface area contributed by atoms with Crippen LogP contribution in [0.4, 0.5) is 15.9 Å². The van der Waals surface area contributed by atoms with Crippen LogP contribution < -0.4 is 26.8 Å². The van der Waals surface area contributed by atoms with E-state index in [0.717, 1.165) is 10.8 Å². The number of nitrogens with one attached hydrogen (secondary N) is 2. The van der Waals surface area contributed by atoms with Gasteiger partial charge >= 0.3 is 23.4 Å². The number of ketones is 1. The summed E-state index contributed by atoms with van der Waals surface area (Å²) in [5.41, 5.74) is 4.29. The maximum Gasteiger partial charge on any atom is 0.351 e. The van der Waals surface area contributed by atoms with Crippen molar-refractivity contribution in [3.63, 3.8) is 0 Å². The number of thioether (sulfide) groups is 1. The molecule has 0 spiro atoms. The molecule has 0 saturated carbocycles. The summed E-state index contributed by atoms with van der Waals surface area (Å²) in [6.07, 6.45) is 9.03. The number of aryl methyl sites for hydroxylation is 1. The van der Waals surface area contributed by atoms with Crippen molar-refractivity contribution in [2.24, 2.45) is 29.6 Å². The van der Waals surface area contributed by atoms with Crippen molar-refractivity contribution in [2.75, 3.05) is 37.1 Å². The molecule has 2 unspecified atom stereocenters. The fraction of sp³-hybridized carbons (Fsp3) is 0.536. The lowest BCUT2D eigenvalue weighted by atomic mass is 9.75. The highest BCUT2D eigenvalue weighted by Crippen LogP contribution is 2.55. The molecule has 1 amide bonds. The van der Waals surface area contributed by atoms with Gasteiger partial charge in [-0.25, -0.2) is 9.18 Å². The Hall–Kier alpha value is -7.06. The largest absolute Gasteiger partial charge is 0.507 e. The third-order valence-electron chi connectivity index (χ3n) is 15.5. The molecule has 2 aromatic heterocycles. The van der Waals surface area contributed by atoms with E-state index in [9.17, 15) is 48.8 Å². The zero-order valence-electron chi connectivity index (χ0n) is 47.1. The van der Waals surface area contributed by atoms with Crippen molar-refractivity contribution in [1.82, 2.24) is 29.9 Å². The zero-order valence-corrected chi connectivity index (χ0v) is 47.9. The number of hydrogen-bond donors (Lipinski definition) is 7. The summed E-state index contributed by atoms with van der Waals surface area (Å²) in [6.45, 7) is 15.8. The van der Waals surface area contributed by atoms with Gasteiger partial charge in [-0.15, -0.1) is 16.9 Å². The van der Waals surface area contributed by atoms with Crippen LogP contribution >= 0.6 is 11.8 Å². The van der Waals surface area contributed by atoms with Crippen LogP contribution in [0.25, 0.3) is 10.8 Å². The number of phenols is 3. The molecule has 5 bridgehead atoms. The van der Waals surface area contributed by atoms with Crippen LogP contribution in [0.5, 0.6) is 23.0 Å². The first-order valence-electron chi connectivity index (χ1n) is 26.8. The average Bonchev–Trinajstić information content (AvgIpc) is 3.99. The number of esters is 2. The first kappa shape index (κ1) is 61.6. The standard InChI is InChI=1S/C56H73FN8O15S/c1-27-15-14-16-28(2)54(73)60-45-36(22-59-18-12-11-13-19-64-23-35(62-63-64)21-40(67)76-25-41-79-39(26-81-41)65-24-37(57)53(58)61-55(65)74)48(70)42-43(49(45)71)47(69)33(7)51-44(42)52(72)56(9,80-51)77-20-17-38(75-10)31(5)50(78-34(8)66)32(6)46(68)30(4)29(27)3/h14-17,20,23-24,27,29-32,38-39,41,46,50,59,68-71H,11-13,18-19,21-22,25-26H2,1-10H3,(H,60,73)(H2,58,61,74)/b15-14+,20-17+,28-16-/t27-,29-,30+,31+,32+,38-,39?,41?,46+,50+,56-/m0/s1. The first-order chi connectivity index (χ1) is 38.4. The lowest BCUT2D eigenvalue weighted by Crippen LogP contribution is -2.45. The highest BCUT2D eigenvalue weighted by molar-refractivity contribution is 8.00. The molecule has 8 rings (SSSR count). The third-order valence-corrected chi connectivity index (χ3v) is 16.6. The number of aliphatic hydroxyl groups excluding tert-OH is 1. The van der Waals surface area contributed by atoms with Gasteiger partial charge in [0.2, 0.25) is 0 Å². The predicted molar refractivity (Wildman–Crippen MR) is 296 cm³/mol. The van der Waals surface area contributed by atoms with E-state index in [-0.39, 0.29) is 81.8 Å². The Balaban J connectivity index is 1.05. The number of hydrogen-bond acceptors (Lipinski definition) is 21. The molecular formula is C56H73FN8O15S. The number of ether oxygens (including phenoxy) is 6. The van der Waals surface area contributed by atoms with Gasteiger partial charge in [-0.2, -0.15) is 4.98 Å². The number of nitrogen functional groups attached to an aromatic ring is 1. The number of aromatic hydroxyl groups is 3. The van der Waals surface area contributed by atoms with Crippen molar-refractivity contribution in [1.29, 1.82) is 0 Å². The molecule has 2 aromatic carbocycles. The number of nitrogens with two attached hydrogens (primary N) is 1. The summed E-state index contributed by atoms with van der Waals surface area (Å²) < 4.78 is 51.6. The highest BCUT2D eigenvalue weighted by Gasteiger charge is 2.50. The average molecular weight is 1150 g/mol. The minimum atomic E-state index is -2.06. The number of anilines is 2. The van der Waals surface area contributed by atoms with Gasteiger partial charge in [0.25, 0.3) is 11.7 Å². The molecule has 440 valence electrons. The van der Waals surface area contributed by atoms with E-state index in [1.807, 2.05) is 40.7 Å². The molecule has 25 heteroatoms. The number of carbonyl (C=O) groups excluding carboxylic acids is 4. The summed E-state index contributed by atoms with van der Waals surface area (Å²) in [4.78, 5) is 69.4. The van der Waals surface area contributed by atoms with E-state index < -0.39 is 106 Å². The Morgan fingerprint density at radius 2 is 1.73 bits per heavy atom. The van der Waals surface area contributed by atoms with Crippen LogP contribution in [-0.4, -0.2) is 124 Å². The number of phenolic OH excluding ortho intramolecular Hbond substituents is 3. The molecule has 81 heavy (non-hydrogen) atoms. The maximum atomic E-state index is 14.6. The van der Waals surface area contributed by atoms with Crippen LogP contribution in [0.1, 0.15) is 108 Å². The third kappa shape index (κ3) is 13.7. The molecule has 23 nitrogen and oxygen atoms in total. The number of carbonyl (C=O) groups is 4. The maximum absolute atomic E-state index is 14.6. The zero-order chi connectivity index (χ0) is 59.2. The SMILES string of the molecule is CO[C@H]1/C=C/O[C@@]2(C)Oc3c(C)c(O)c4c(O)c(c(CNCCCCCn5cc(CC(=O)OCC6OC(n7cc(F)c(N)nc7=O)CS6)nn5)c(O)c4c3C2=O)NC(=O)/C(C)=C\C=C\[C@H](C)[C@H](C)[C@@H](C)[C@@H](O)[C@@H](C)[C@H](OC(C)=O)[C@@H]1C. The summed E-state index contributed by atoms with van der Waals surface area (Å²) in [7, 11) is 1.46. The van der Waals surface area contributed by atoms with E-state index in [0.29, 0.717) is 43.8 Å². The lowest BCUT2D eigenvalue weighted by molar-refractivity contribution is -0.160. The number of methoxy groups -OCH3 is 1. The molecule has 11 atom stereocenters. The Labute approximate surface area is 472 Å². The van der Waals surface area contributed by atoms with Crippen LogP contribution in [0.15, 0.2) is 53.3 Å². The number of unbranched alkanes of at least 4 members (excludes halogenated alkanes) is 2. The lowest BCUT2D eigenvalue weighted by Gasteiger charge is -2.38. The quantitative estimate of drug-likeness (QED) is 0.0300. The topological polar surface area (TPSA) is 320 Å². The number of rotatable bonds is 15. The van der Waals surface area contributed by atoms with E-state index in [1.165, 1.54) is 52.0 Å². The van der Waals surface area contributed by atoms with E-state index >= 15 is 0 Å². The first-order valence-corrected chi connectivity index (χ1v) is 27.9. The van der Waals surface area contributed by atoms with Crippen LogP contribution in [0.2, 0.25) is 0 Å². The number of Topliss-reactive ketones (excluding diaryl/α,β-unsaturated/α-hetero) is 1. The molecule has 1 saturated heterocycles. The number of fused-ring (bicyclic) bond motifs is 14. The highest BCUT2D eigenvalue weighted by atomic mass is 32.2. The van der Waals surface area contributed by atoms with Gasteiger partial charge in [-0.1, -0.05) is 64.5 Å². The van der Waals surface area contributed by atoms with Gasteiger partial charge in [0, 0.05) is 79.9 Å². The molecule has 4 aliphatic rings. The second-order valence-electron chi connectivity index (χ2n) is 21.1. The molecule has 4 aliphatic heterocycles. The number of amides is 1. The second-order valence-corrected chi connectivity index (χ2v) is 22.3. The fourth-order valence-electron chi connectivity index (χ4n) is 10.3. The summed E-state index contributed by atoms with van der Waals surface area (Å²) >= 11 is 1.29. The Kier molecular flexibility index (Phi) is 19.9. The van der Waals surface area contributed by atoms with Crippen molar-refractivity contribution >= 4 is 57.7 Å². The van der Waals surface area contributed by atoms with Crippen LogP contribution in [0, 0.1) is 42.3 Å². The molecule has 6 heterocycles. The monoisotopic (exact) mass is 1150 g/mol. The summed E-state index contributed by atoms with van der Waals surface area (Å²) in [5.74, 6) is -8.98. The number of benzene rings is 2. The number of aromatic nitrogens is 5. The van der Waals surface area contributed by atoms with Gasteiger partial charge in [0.1, 0.15) is 41.6 Å². The molecular weight excluding hydrogens is 1080 g/mol. The van der Waals surface area contributed by atoms with Gasteiger partial charge in [0.15, 0.2) is 17.4 Å². The molecule has 0 aliphatic carbocycles. The van der Waals surface area contributed by atoms with E-state index in [2.05, 4.69) is 25.9 Å². The minimum absolute atomic E-state index is 0.0129. The molecule has 0 radical (unpaired) electrons. The van der Waals surface area contributed by atoms with Gasteiger partial charge in [-0.3, -0.25) is 28.4 Å². The number of allylic oxidation sites excluding steroid dienone is 3. The van der Waals surface area contributed by atoms with Crippen molar-refractivity contribution in [3.05, 3.63) is 87.2 Å². The number of nitrogens with zero attached hydrogens (tertiary/aromatic N) is 5. The van der Waals surface area contributed by atoms with Gasteiger partial charge in [-0.05, 0) is 57.1 Å². The number of halogens is 1. The molecule has 4 aromatic rings. The van der Waals surface area contributed by atoms with E-state index in [4.69, 9.17) is 34.2 Å². The van der Waals surface area contributed by atoms with Crippen molar-refractivity contribution in [2.45, 2.75) is 137 Å². The van der Waals surface area contributed by atoms with Gasteiger partial charge in [0.05, 0.1) is 53.4 Å². The van der Waals surface area contributed by atoms with Gasteiger partial charge < -0.3 is 65.2 Å². The Morgan fingerprint density at radius 1 is 0.988 bits per heavy atom. The Bertz CT molecular complexity index is 3170. The predicted octanol–water partition coefficient (Wildman–Crippen LogP) is 6.23. The molecule has 1 fully saturated rings. The smallest absolute Gasteiger partial charge is 0.351 e. The fourth-order valence-corrected chi connectivity index (χ4v) is 11.3. The molecule has 8 N–H and O–H groups in total. The normalized spacial score (nSPS) is 27.8. The summed E-state index contributed by atoms with van der Waals surface area (Å²) in [6, 6.07) is 0. The number of aliphatic hydroxyl groups is 1. The van der Waals surface area contributed by atoms with Crippen molar-refractivity contribution < 1.29 is 72.4 Å². The summed E-state index contributed by atoms with van der Waals surface area (Å²) in [5, 5.41) is 61.6. The second kappa shape index (κ2) is 26.2. The van der Waals surface area contributed by atoms with Crippen molar-refractivity contribution in [3.8, 4) is 23.0 Å². The van der Waals surface area contributed by atoms with Crippen LogP contribution in [0.3, 0.4) is 0 Å². The minimum Gasteiger partial charge on any atom is -0.507 e. The van der Waals surface area contributed by atoms with E-state index in [1.54, 1.807) is 30.0 Å². The van der Waals surface area contributed by atoms with Crippen LogP contribution in [-0.2, 0) is 57.6 Å². The Morgan fingerprint density at radius 3 is 2.44 bits per heavy atom.